The van der Waals surface area contributed by atoms with Gasteiger partial charge in [-0.3, -0.25) is 0 Å². The summed E-state index contributed by atoms with van der Waals surface area (Å²) in [7, 11) is 0. The number of hydrogen-bond donors (Lipinski definition) is 1. The number of imidazole rings is 1. The molecular weight excluding hydrogens is 340 g/mol. The highest BCUT2D eigenvalue weighted by Crippen LogP contribution is 2.23. The topological polar surface area (TPSA) is 42.2 Å². The second kappa shape index (κ2) is 6.98. The fourth-order valence-electron chi connectivity index (χ4n) is 2.67. The summed E-state index contributed by atoms with van der Waals surface area (Å²) in [4.78, 5) is 5.58. The minimum atomic E-state index is 0.773. The molecule has 0 amide bonds. The minimum Gasteiger partial charge on any atom is -0.339 e. The molecule has 0 saturated carbocycles. The van der Waals surface area contributed by atoms with Gasteiger partial charge in [-0.1, -0.05) is 36.9 Å². The summed E-state index contributed by atoms with van der Waals surface area (Å²) >= 11 is 1.69. The highest BCUT2D eigenvalue weighted by atomic mass is 32.1. The summed E-state index contributed by atoms with van der Waals surface area (Å²) in [5.41, 5.74) is 2.78. The molecule has 0 aliphatic heterocycles. The van der Waals surface area contributed by atoms with Crippen molar-refractivity contribution in [2.45, 2.75) is 6.92 Å². The van der Waals surface area contributed by atoms with Gasteiger partial charge in [-0.2, -0.15) is 0 Å². The third-order valence-corrected chi connectivity index (χ3v) is 5.11. The van der Waals surface area contributed by atoms with Gasteiger partial charge in [-0.05, 0) is 48.6 Å². The summed E-state index contributed by atoms with van der Waals surface area (Å²) in [6.07, 6.45) is 7.98. The van der Waals surface area contributed by atoms with Crippen LogP contribution in [0.3, 0.4) is 0 Å². The summed E-state index contributed by atoms with van der Waals surface area (Å²) in [5.74, 6) is 0.773. The number of nitrogens with one attached hydrogen (secondary N) is 1. The molecule has 26 heavy (non-hydrogen) atoms. The highest BCUT2D eigenvalue weighted by molar-refractivity contribution is 7.13. The third-order valence-electron chi connectivity index (χ3n) is 3.94. The first-order chi connectivity index (χ1) is 12.7. The van der Waals surface area contributed by atoms with Crippen molar-refractivity contribution in [1.29, 1.82) is 0 Å². The number of rotatable bonds is 4. The van der Waals surface area contributed by atoms with Gasteiger partial charge in [-0.15, -0.1) is 16.4 Å². The molecule has 128 valence electrons. The number of anilines is 2. The number of allylic oxidation sites excluding steroid dienone is 2. The Labute approximate surface area is 155 Å². The fourth-order valence-corrected chi connectivity index (χ4v) is 3.69. The molecule has 0 fully saturated rings. The van der Waals surface area contributed by atoms with E-state index in [4.69, 9.17) is 5.10 Å². The lowest BCUT2D eigenvalue weighted by Crippen LogP contribution is -2.14. The Balaban J connectivity index is 1.77. The van der Waals surface area contributed by atoms with Gasteiger partial charge in [0.1, 0.15) is 5.69 Å². The van der Waals surface area contributed by atoms with E-state index in [0.29, 0.717) is 0 Å². The van der Waals surface area contributed by atoms with Crippen LogP contribution in [0.5, 0.6) is 0 Å². The van der Waals surface area contributed by atoms with E-state index in [-0.39, 0.29) is 0 Å². The van der Waals surface area contributed by atoms with E-state index in [2.05, 4.69) is 29.0 Å². The number of nitrogens with zero attached hydrogens (tertiary/aromatic N) is 3. The largest absolute Gasteiger partial charge is 0.339 e. The van der Waals surface area contributed by atoms with Crippen molar-refractivity contribution >= 4 is 41.1 Å². The first-order valence-corrected chi connectivity index (χ1v) is 9.15. The lowest BCUT2D eigenvalue weighted by Gasteiger charge is -2.06. The second-order valence-electron chi connectivity index (χ2n) is 5.82. The van der Waals surface area contributed by atoms with Gasteiger partial charge in [0, 0.05) is 10.2 Å². The molecule has 4 rings (SSSR count). The average molecular weight is 358 g/mol. The smallest absolute Gasteiger partial charge is 0.154 e. The predicted octanol–water partition coefficient (Wildman–Crippen LogP) is 3.97. The molecule has 3 aromatic heterocycles. The van der Waals surface area contributed by atoms with E-state index in [0.717, 1.165) is 37.5 Å². The van der Waals surface area contributed by atoms with E-state index in [1.54, 1.807) is 11.3 Å². The van der Waals surface area contributed by atoms with Gasteiger partial charge < -0.3 is 5.32 Å². The van der Waals surface area contributed by atoms with Crippen LogP contribution >= 0.6 is 11.3 Å². The van der Waals surface area contributed by atoms with Crippen LogP contribution < -0.4 is 15.1 Å². The van der Waals surface area contributed by atoms with Crippen molar-refractivity contribution in [2.24, 2.45) is 0 Å². The van der Waals surface area contributed by atoms with Crippen LogP contribution in [0.15, 0.2) is 66.9 Å². The van der Waals surface area contributed by atoms with Crippen LogP contribution in [0.1, 0.15) is 6.92 Å². The first kappa shape index (κ1) is 16.3. The zero-order valence-electron chi connectivity index (χ0n) is 14.4. The zero-order valence-corrected chi connectivity index (χ0v) is 15.2. The molecule has 0 aliphatic carbocycles. The molecule has 5 heteroatoms. The standard InChI is InChI=1S/C21H18N4S/c1-3-4-10-18-15(2)13-19(26-18)17-14-22-21-12-11-20(24-25(17)21)23-16-8-6-5-7-9-16/h3-14H,2H2,1H3,(H,23,24)/b4-3-,18-10+. The Morgan fingerprint density at radius 2 is 2.00 bits per heavy atom. The van der Waals surface area contributed by atoms with E-state index in [1.165, 1.54) is 0 Å². The molecule has 1 aromatic carbocycles. The van der Waals surface area contributed by atoms with E-state index < -0.39 is 0 Å². The van der Waals surface area contributed by atoms with Gasteiger partial charge >= 0.3 is 0 Å². The Morgan fingerprint density at radius 1 is 1.15 bits per heavy atom. The third kappa shape index (κ3) is 3.17. The fraction of sp³-hybridized carbons (Fsp3) is 0.0476. The first-order valence-electron chi connectivity index (χ1n) is 8.33. The quantitative estimate of drug-likeness (QED) is 0.600. The van der Waals surface area contributed by atoms with Gasteiger partial charge in [0.2, 0.25) is 0 Å². The SMILES string of the molecule is C=c1cc(-c2cnc3ccc(Nc4ccccc4)nn23)s/c1=C/C=C\C. The number of para-hydroxylation sites is 1. The van der Waals surface area contributed by atoms with Crippen molar-refractivity contribution in [3.05, 3.63) is 76.6 Å². The maximum Gasteiger partial charge on any atom is 0.154 e. The van der Waals surface area contributed by atoms with E-state index in [1.807, 2.05) is 72.3 Å². The predicted molar refractivity (Wildman–Crippen MR) is 110 cm³/mol. The molecule has 4 nitrogen and oxygen atoms in total. The van der Waals surface area contributed by atoms with Crippen molar-refractivity contribution in [3.8, 4) is 10.6 Å². The molecule has 0 bridgehead atoms. The van der Waals surface area contributed by atoms with Crippen molar-refractivity contribution in [2.75, 3.05) is 5.32 Å². The summed E-state index contributed by atoms with van der Waals surface area (Å²) in [5, 5.41) is 9.05. The molecule has 0 unspecified atom stereocenters. The van der Waals surface area contributed by atoms with Crippen LogP contribution in [0.2, 0.25) is 0 Å². The van der Waals surface area contributed by atoms with E-state index >= 15 is 0 Å². The maximum atomic E-state index is 4.71. The summed E-state index contributed by atoms with van der Waals surface area (Å²) < 4.78 is 3.02. The van der Waals surface area contributed by atoms with Crippen LogP contribution in [0, 0.1) is 0 Å². The Hall–Kier alpha value is -3.18. The number of thiophene rings is 1. The summed E-state index contributed by atoms with van der Waals surface area (Å²) in [6, 6.07) is 16.0. The van der Waals surface area contributed by atoms with E-state index in [9.17, 15) is 0 Å². The second-order valence-corrected chi connectivity index (χ2v) is 6.90. The minimum absolute atomic E-state index is 0.773. The lowest BCUT2D eigenvalue weighted by atomic mass is 10.3. The Morgan fingerprint density at radius 3 is 2.81 bits per heavy atom. The molecule has 1 N–H and O–H groups in total. The normalized spacial score (nSPS) is 12.3. The van der Waals surface area contributed by atoms with Crippen LogP contribution in [0.25, 0.3) is 28.9 Å². The number of benzene rings is 1. The van der Waals surface area contributed by atoms with Crippen molar-refractivity contribution in [3.63, 3.8) is 0 Å². The molecule has 0 saturated heterocycles. The van der Waals surface area contributed by atoms with Gasteiger partial charge in [0.05, 0.1) is 11.1 Å². The summed E-state index contributed by atoms with van der Waals surface area (Å²) in [6.45, 7) is 6.14. The van der Waals surface area contributed by atoms with Crippen LogP contribution in [-0.2, 0) is 0 Å². The number of fused-ring (bicyclic) bond motifs is 1. The monoisotopic (exact) mass is 358 g/mol. The Bertz CT molecular complexity index is 1190. The zero-order chi connectivity index (χ0) is 17.9. The van der Waals surface area contributed by atoms with Gasteiger partial charge in [0.15, 0.2) is 11.5 Å². The Kier molecular flexibility index (Phi) is 4.37. The van der Waals surface area contributed by atoms with Gasteiger partial charge in [0.25, 0.3) is 0 Å². The molecule has 0 aliphatic rings. The molecular formula is C21H18N4S. The maximum absolute atomic E-state index is 4.71. The average Bonchev–Trinajstić information content (AvgIpc) is 3.23. The van der Waals surface area contributed by atoms with Crippen LogP contribution in [-0.4, -0.2) is 14.6 Å². The molecule has 3 heterocycles. The molecule has 0 spiro atoms. The molecule has 0 atom stereocenters. The highest BCUT2D eigenvalue weighted by Gasteiger charge is 2.10. The van der Waals surface area contributed by atoms with Gasteiger partial charge in [-0.25, -0.2) is 9.50 Å². The van der Waals surface area contributed by atoms with Crippen LogP contribution in [0.4, 0.5) is 11.5 Å². The number of aromatic nitrogens is 3. The lowest BCUT2D eigenvalue weighted by molar-refractivity contribution is 0.950. The van der Waals surface area contributed by atoms with Crippen molar-refractivity contribution < 1.29 is 0 Å². The van der Waals surface area contributed by atoms with Crippen molar-refractivity contribution in [1.82, 2.24) is 14.6 Å². The molecule has 0 radical (unpaired) electrons. The number of hydrogen-bond acceptors (Lipinski definition) is 4. The molecule has 4 aromatic rings.